The van der Waals surface area contributed by atoms with Crippen LogP contribution in [0.4, 0.5) is 5.95 Å². The molecule has 5 heterocycles. The molecule has 1 unspecified atom stereocenters. The number of halogens is 2. The molecule has 0 bridgehead atoms. The van der Waals surface area contributed by atoms with Crippen molar-refractivity contribution < 1.29 is 13.2 Å². The van der Waals surface area contributed by atoms with Gasteiger partial charge in [0.1, 0.15) is 17.5 Å². The minimum Gasteiger partial charge on any atom is -0.486 e. The number of pyridine rings is 1. The maximum Gasteiger partial charge on any atom is 0.225 e. The number of anilines is 1. The number of rotatable bonds is 7. The quantitative estimate of drug-likeness (QED) is 0.347. The molecule has 2 saturated heterocycles. The molecule has 0 radical (unpaired) electrons. The van der Waals surface area contributed by atoms with Crippen LogP contribution in [0.3, 0.4) is 0 Å². The molecule has 2 fully saturated rings. The van der Waals surface area contributed by atoms with E-state index in [2.05, 4.69) is 30.0 Å². The minimum absolute atomic E-state index is 0.0148. The van der Waals surface area contributed by atoms with Crippen LogP contribution in [0, 0.1) is 5.41 Å². The molecular weight excluding hydrogens is 549 g/mol. The van der Waals surface area contributed by atoms with Crippen molar-refractivity contribution in [1.29, 1.82) is 0 Å². The maximum atomic E-state index is 12.0. The zero-order chi connectivity index (χ0) is 26.7. The summed E-state index contributed by atoms with van der Waals surface area (Å²) in [6, 6.07) is 5.67. The highest BCUT2D eigenvalue weighted by atomic mass is 35.5. The molecule has 13 heteroatoms. The van der Waals surface area contributed by atoms with E-state index in [1.807, 2.05) is 25.1 Å². The fourth-order valence-electron chi connectivity index (χ4n) is 5.15. The van der Waals surface area contributed by atoms with E-state index in [0.717, 1.165) is 29.6 Å². The van der Waals surface area contributed by atoms with Gasteiger partial charge < -0.3 is 9.64 Å². The third-order valence-electron chi connectivity index (χ3n) is 7.17. The molecule has 1 N–H and O–H groups in total. The van der Waals surface area contributed by atoms with E-state index in [1.165, 1.54) is 0 Å². The number of fused-ring (bicyclic) bond motifs is 1. The molecule has 2 aliphatic rings. The van der Waals surface area contributed by atoms with Gasteiger partial charge >= 0.3 is 0 Å². The van der Waals surface area contributed by atoms with Crippen LogP contribution in [0.1, 0.15) is 25.5 Å². The second-order valence-electron chi connectivity index (χ2n) is 9.85. The van der Waals surface area contributed by atoms with Crippen LogP contribution in [0.5, 0.6) is 5.75 Å². The molecule has 198 valence electrons. The van der Waals surface area contributed by atoms with Crippen molar-refractivity contribution in [3.8, 4) is 17.0 Å². The van der Waals surface area contributed by atoms with Crippen LogP contribution < -0.4 is 9.64 Å². The number of nitrogens with zero attached hydrogens (tertiary/aromatic N) is 6. The molecule has 0 amide bonds. The number of hydrogen-bond acceptors (Lipinski definition) is 8. The topological polar surface area (TPSA) is 117 Å². The molecule has 6 rings (SSSR count). The van der Waals surface area contributed by atoms with Crippen molar-refractivity contribution >= 4 is 50.1 Å². The second kappa shape index (κ2) is 9.33. The minimum atomic E-state index is -3.12. The molecule has 2 aliphatic heterocycles. The van der Waals surface area contributed by atoms with Gasteiger partial charge in [-0.25, -0.2) is 22.7 Å². The van der Waals surface area contributed by atoms with E-state index < -0.39 is 16.1 Å². The fourth-order valence-corrected chi connectivity index (χ4v) is 7.13. The lowest BCUT2D eigenvalue weighted by Gasteiger charge is -2.59. The van der Waals surface area contributed by atoms with Gasteiger partial charge in [0.05, 0.1) is 21.3 Å². The van der Waals surface area contributed by atoms with Crippen molar-refractivity contribution in [1.82, 2.24) is 29.5 Å². The fraction of sp³-hybridized carbons (Fsp3) is 0.360. The van der Waals surface area contributed by atoms with E-state index in [0.29, 0.717) is 46.1 Å². The summed E-state index contributed by atoms with van der Waals surface area (Å²) < 4.78 is 31.8. The van der Waals surface area contributed by atoms with Gasteiger partial charge in [-0.05, 0) is 32.0 Å². The van der Waals surface area contributed by atoms with Crippen molar-refractivity contribution in [2.45, 2.75) is 20.0 Å². The molecule has 38 heavy (non-hydrogen) atoms. The molecule has 3 aromatic heterocycles. The highest BCUT2D eigenvalue weighted by molar-refractivity contribution is 7.89. The zero-order valence-electron chi connectivity index (χ0n) is 20.7. The standard InChI is InChI=1S/C25H25Cl2N7O3S/c1-3-38(35,36)34-13-25(14-34)11-33(12-25)24-29-7-16(8-30-24)23-18-6-17(4-5-21(18)31-32-23)37-15(2)22-19(26)9-28-10-20(22)27/h4-10,15H,3,11-14H2,1-2H3,(H,31,32). The molecule has 4 aromatic rings. The van der Waals surface area contributed by atoms with Gasteiger partial charge in [0, 0.05) is 72.9 Å². The summed E-state index contributed by atoms with van der Waals surface area (Å²) in [6.07, 6.45) is 6.20. The normalized spacial score (nSPS) is 17.8. The Kier molecular flexibility index (Phi) is 6.21. The first-order valence-electron chi connectivity index (χ1n) is 12.2. The van der Waals surface area contributed by atoms with Gasteiger partial charge in [-0.15, -0.1) is 0 Å². The van der Waals surface area contributed by atoms with E-state index >= 15 is 0 Å². The maximum absolute atomic E-state index is 12.0. The number of nitrogens with one attached hydrogen (secondary N) is 1. The van der Waals surface area contributed by atoms with Gasteiger partial charge in [0.15, 0.2) is 0 Å². The Morgan fingerprint density at radius 3 is 2.42 bits per heavy atom. The van der Waals surface area contributed by atoms with Gasteiger partial charge in [-0.1, -0.05) is 23.2 Å². The van der Waals surface area contributed by atoms with E-state index in [1.54, 1.807) is 36.0 Å². The first kappa shape index (κ1) is 25.3. The van der Waals surface area contributed by atoms with E-state index in [-0.39, 0.29) is 11.2 Å². The number of aromatic amines is 1. The Labute approximate surface area is 230 Å². The molecule has 1 atom stereocenters. The number of H-pyrrole nitrogens is 1. The number of benzene rings is 1. The highest BCUT2D eigenvalue weighted by Crippen LogP contribution is 2.42. The average Bonchev–Trinajstić information content (AvgIpc) is 3.26. The molecular formula is C25H25Cl2N7O3S. The lowest BCUT2D eigenvalue weighted by Crippen LogP contribution is -2.73. The van der Waals surface area contributed by atoms with Crippen molar-refractivity contribution in [3.05, 3.63) is 58.6 Å². The van der Waals surface area contributed by atoms with Crippen LogP contribution in [-0.2, 0) is 10.0 Å². The van der Waals surface area contributed by atoms with Crippen molar-refractivity contribution in [3.63, 3.8) is 0 Å². The summed E-state index contributed by atoms with van der Waals surface area (Å²) in [5.74, 6) is 1.40. The summed E-state index contributed by atoms with van der Waals surface area (Å²) in [4.78, 5) is 15.2. The Morgan fingerprint density at radius 2 is 1.76 bits per heavy atom. The van der Waals surface area contributed by atoms with Crippen LogP contribution in [-0.4, -0.2) is 69.8 Å². The monoisotopic (exact) mass is 573 g/mol. The summed E-state index contributed by atoms with van der Waals surface area (Å²) >= 11 is 12.6. The molecule has 0 saturated carbocycles. The third kappa shape index (κ3) is 4.37. The van der Waals surface area contributed by atoms with Gasteiger partial charge in [0.2, 0.25) is 16.0 Å². The first-order valence-corrected chi connectivity index (χ1v) is 14.5. The van der Waals surface area contributed by atoms with Crippen molar-refractivity contribution in [2.24, 2.45) is 5.41 Å². The van der Waals surface area contributed by atoms with E-state index in [4.69, 9.17) is 27.9 Å². The van der Waals surface area contributed by atoms with Gasteiger partial charge in [-0.2, -0.15) is 5.10 Å². The Balaban J connectivity index is 1.16. The van der Waals surface area contributed by atoms with Gasteiger partial charge in [-0.3, -0.25) is 10.1 Å². The number of aromatic nitrogens is 5. The lowest BCUT2D eigenvalue weighted by molar-refractivity contribution is 0.0385. The summed E-state index contributed by atoms with van der Waals surface area (Å²) in [6.45, 7) is 6.19. The SMILES string of the molecule is CCS(=O)(=O)N1CC2(CN(c3ncc(-c4n[nH]c5ccc(OC(C)c6c(Cl)cncc6Cl)cc45)cn3)C2)C1. The largest absolute Gasteiger partial charge is 0.486 e. The van der Waals surface area contributed by atoms with Crippen molar-refractivity contribution in [2.75, 3.05) is 36.8 Å². The predicted molar refractivity (Wildman–Crippen MR) is 146 cm³/mol. The number of ether oxygens (including phenoxy) is 1. The first-order chi connectivity index (χ1) is 18.2. The molecule has 0 aliphatic carbocycles. The molecule has 1 spiro atoms. The molecule has 1 aromatic carbocycles. The van der Waals surface area contributed by atoms with E-state index in [9.17, 15) is 8.42 Å². The lowest BCUT2D eigenvalue weighted by atomic mass is 9.74. The smallest absolute Gasteiger partial charge is 0.225 e. The second-order valence-corrected chi connectivity index (χ2v) is 12.9. The Bertz CT molecular complexity index is 1590. The predicted octanol–water partition coefficient (Wildman–Crippen LogP) is 4.33. The summed E-state index contributed by atoms with van der Waals surface area (Å²) in [5, 5.41) is 9.29. The van der Waals surface area contributed by atoms with Gasteiger partial charge in [0.25, 0.3) is 0 Å². The number of hydrogen-bond donors (Lipinski definition) is 1. The third-order valence-corrected chi connectivity index (χ3v) is 9.55. The van der Waals surface area contributed by atoms with Crippen LogP contribution >= 0.6 is 23.2 Å². The zero-order valence-corrected chi connectivity index (χ0v) is 23.1. The van der Waals surface area contributed by atoms with Crippen LogP contribution in [0.15, 0.2) is 43.0 Å². The number of sulfonamides is 1. The highest BCUT2D eigenvalue weighted by Gasteiger charge is 2.55. The average molecular weight is 574 g/mol. The van der Waals surface area contributed by atoms with Crippen LogP contribution in [0.25, 0.3) is 22.2 Å². The Morgan fingerprint density at radius 1 is 1.08 bits per heavy atom. The Hall–Kier alpha value is -2.99. The summed E-state index contributed by atoms with van der Waals surface area (Å²) in [7, 11) is -3.12. The van der Waals surface area contributed by atoms with Crippen LogP contribution in [0.2, 0.25) is 10.0 Å². The summed E-state index contributed by atoms with van der Waals surface area (Å²) in [5.41, 5.74) is 3.02. The molecule has 10 nitrogen and oxygen atoms in total.